The number of carbonyl (C=O) groups excluding carboxylic acids is 1. The summed E-state index contributed by atoms with van der Waals surface area (Å²) < 4.78 is 14.4. The van der Waals surface area contributed by atoms with E-state index < -0.39 is 11.7 Å². The van der Waals surface area contributed by atoms with Gasteiger partial charge in [-0.2, -0.15) is 0 Å². The van der Waals surface area contributed by atoms with Crippen LogP contribution in [0.4, 0.5) is 10.1 Å². The highest BCUT2D eigenvalue weighted by Crippen LogP contribution is 2.20. The highest BCUT2D eigenvalue weighted by molar-refractivity contribution is 9.10. The number of hydrogen-bond donors (Lipinski definition) is 1. The van der Waals surface area contributed by atoms with E-state index in [0.717, 1.165) is 0 Å². The van der Waals surface area contributed by atoms with E-state index in [1.54, 1.807) is 31.5 Å². The van der Waals surface area contributed by atoms with E-state index in [-0.39, 0.29) is 5.56 Å². The second kappa shape index (κ2) is 5.76. The lowest BCUT2D eigenvalue weighted by Crippen LogP contribution is -2.15. The van der Waals surface area contributed by atoms with Crippen LogP contribution in [0.15, 0.2) is 41.1 Å². The number of halogens is 2. The van der Waals surface area contributed by atoms with E-state index in [1.807, 2.05) is 0 Å². The summed E-state index contributed by atoms with van der Waals surface area (Å²) in [6.07, 6.45) is 3.09. The number of amides is 1. The zero-order chi connectivity index (χ0) is 15.7. The molecule has 5 nitrogen and oxygen atoms in total. The van der Waals surface area contributed by atoms with E-state index in [1.165, 1.54) is 12.1 Å². The first-order valence-electron chi connectivity index (χ1n) is 6.39. The van der Waals surface area contributed by atoms with Gasteiger partial charge in [-0.15, -0.1) is 0 Å². The Bertz CT molecular complexity index is 885. The highest BCUT2D eigenvalue weighted by atomic mass is 79.9. The molecule has 0 unspecified atom stereocenters. The van der Waals surface area contributed by atoms with Crippen LogP contribution >= 0.6 is 15.9 Å². The maximum atomic E-state index is 13.8. The Kier molecular flexibility index (Phi) is 3.81. The van der Waals surface area contributed by atoms with Crippen LogP contribution in [-0.4, -0.2) is 20.9 Å². The van der Waals surface area contributed by atoms with Crippen molar-refractivity contribution in [2.24, 2.45) is 0 Å². The summed E-state index contributed by atoms with van der Waals surface area (Å²) in [5.74, 6) is -1.14. The van der Waals surface area contributed by atoms with Crippen molar-refractivity contribution < 1.29 is 9.18 Å². The summed E-state index contributed by atoms with van der Waals surface area (Å²) in [5.41, 5.74) is 2.06. The quantitative estimate of drug-likeness (QED) is 0.759. The van der Waals surface area contributed by atoms with E-state index in [0.29, 0.717) is 27.0 Å². The fourth-order valence-electron chi connectivity index (χ4n) is 1.98. The summed E-state index contributed by atoms with van der Waals surface area (Å²) in [5, 5.41) is 2.65. The summed E-state index contributed by atoms with van der Waals surface area (Å²) in [6.45, 7) is 1.74. The Hall–Kier alpha value is -2.41. The summed E-state index contributed by atoms with van der Waals surface area (Å²) in [7, 11) is 0. The number of aromatic nitrogens is 3. The first-order valence-corrected chi connectivity index (χ1v) is 7.18. The molecule has 0 aliphatic carbocycles. The van der Waals surface area contributed by atoms with Crippen LogP contribution in [0.5, 0.6) is 0 Å². The van der Waals surface area contributed by atoms with Gasteiger partial charge >= 0.3 is 0 Å². The van der Waals surface area contributed by atoms with Crippen molar-refractivity contribution in [3.8, 4) is 0 Å². The summed E-state index contributed by atoms with van der Waals surface area (Å²) in [4.78, 5) is 24.7. The SMILES string of the molecule is Cc1nc2nccnc2cc1NC(=O)c1ccc(Br)cc1F. The van der Waals surface area contributed by atoms with Crippen LogP contribution in [0.2, 0.25) is 0 Å². The number of carbonyl (C=O) groups is 1. The molecule has 1 aromatic carbocycles. The van der Waals surface area contributed by atoms with Crippen LogP contribution in [0.1, 0.15) is 16.1 Å². The monoisotopic (exact) mass is 360 g/mol. The molecule has 3 aromatic rings. The van der Waals surface area contributed by atoms with Crippen molar-refractivity contribution in [3.05, 3.63) is 58.2 Å². The van der Waals surface area contributed by atoms with Crippen LogP contribution in [-0.2, 0) is 0 Å². The lowest BCUT2D eigenvalue weighted by Gasteiger charge is -2.09. The molecule has 1 N–H and O–H groups in total. The largest absolute Gasteiger partial charge is 0.320 e. The van der Waals surface area contributed by atoms with Crippen LogP contribution in [0, 0.1) is 12.7 Å². The lowest BCUT2D eigenvalue weighted by molar-refractivity contribution is 0.102. The van der Waals surface area contributed by atoms with E-state index >= 15 is 0 Å². The minimum atomic E-state index is -0.599. The average molecular weight is 361 g/mol. The van der Waals surface area contributed by atoms with E-state index in [4.69, 9.17) is 0 Å². The zero-order valence-electron chi connectivity index (χ0n) is 11.5. The van der Waals surface area contributed by atoms with Crippen molar-refractivity contribution in [3.63, 3.8) is 0 Å². The number of fused-ring (bicyclic) bond motifs is 1. The van der Waals surface area contributed by atoms with Crippen molar-refractivity contribution >= 4 is 38.7 Å². The molecule has 110 valence electrons. The van der Waals surface area contributed by atoms with Gasteiger partial charge in [0.25, 0.3) is 5.91 Å². The second-order valence-corrected chi connectivity index (χ2v) is 5.51. The fourth-order valence-corrected chi connectivity index (χ4v) is 2.31. The predicted octanol–water partition coefficient (Wildman–Crippen LogP) is 3.49. The van der Waals surface area contributed by atoms with Gasteiger partial charge in [0.1, 0.15) is 11.3 Å². The first kappa shape index (κ1) is 14.5. The number of pyridine rings is 1. The molecule has 1 amide bonds. The molecule has 7 heteroatoms. The third-order valence-corrected chi connectivity index (χ3v) is 3.57. The Morgan fingerprint density at radius 1 is 1.23 bits per heavy atom. The minimum absolute atomic E-state index is 0.0400. The Morgan fingerprint density at radius 3 is 2.77 bits per heavy atom. The Labute approximate surface area is 133 Å². The zero-order valence-corrected chi connectivity index (χ0v) is 13.1. The summed E-state index contributed by atoms with van der Waals surface area (Å²) in [6, 6.07) is 5.93. The van der Waals surface area contributed by atoms with Crippen molar-refractivity contribution in [1.29, 1.82) is 0 Å². The third-order valence-electron chi connectivity index (χ3n) is 3.07. The first-order chi connectivity index (χ1) is 10.5. The fraction of sp³-hybridized carbons (Fsp3) is 0.0667. The topological polar surface area (TPSA) is 67.8 Å². The maximum Gasteiger partial charge on any atom is 0.258 e. The maximum absolute atomic E-state index is 13.8. The molecule has 0 aliphatic rings. The molecule has 0 saturated heterocycles. The molecule has 2 heterocycles. The number of benzene rings is 1. The van der Waals surface area contributed by atoms with Crippen molar-refractivity contribution in [2.45, 2.75) is 6.92 Å². The summed E-state index contributed by atoms with van der Waals surface area (Å²) >= 11 is 3.15. The molecule has 3 rings (SSSR count). The highest BCUT2D eigenvalue weighted by Gasteiger charge is 2.14. The minimum Gasteiger partial charge on any atom is -0.320 e. The number of nitrogens with zero attached hydrogens (tertiary/aromatic N) is 3. The van der Waals surface area contributed by atoms with Crippen molar-refractivity contribution in [2.75, 3.05) is 5.32 Å². The number of hydrogen-bond acceptors (Lipinski definition) is 4. The molecular weight excluding hydrogens is 351 g/mol. The smallest absolute Gasteiger partial charge is 0.258 e. The van der Waals surface area contributed by atoms with Crippen molar-refractivity contribution in [1.82, 2.24) is 15.0 Å². The Balaban J connectivity index is 1.95. The number of rotatable bonds is 2. The molecule has 0 atom stereocenters. The molecule has 0 fully saturated rings. The standard InChI is InChI=1S/C15H10BrFN4O/c1-8-12(7-13-14(20-8)19-5-4-18-13)21-15(22)10-3-2-9(16)6-11(10)17/h2-7H,1H3,(H,21,22). The molecular formula is C15H10BrFN4O. The molecule has 0 aliphatic heterocycles. The number of nitrogens with one attached hydrogen (secondary N) is 1. The molecule has 0 spiro atoms. The number of aryl methyl sites for hydroxylation is 1. The molecule has 0 saturated carbocycles. The van der Waals surface area contributed by atoms with Gasteiger partial charge in [-0.25, -0.2) is 14.4 Å². The predicted molar refractivity (Wildman–Crippen MR) is 84.1 cm³/mol. The van der Waals surface area contributed by atoms with Gasteiger partial charge in [0.05, 0.1) is 16.9 Å². The number of anilines is 1. The van der Waals surface area contributed by atoms with Gasteiger partial charge in [0.15, 0.2) is 5.65 Å². The van der Waals surface area contributed by atoms with Gasteiger partial charge < -0.3 is 5.32 Å². The lowest BCUT2D eigenvalue weighted by atomic mass is 10.2. The van der Waals surface area contributed by atoms with Gasteiger partial charge in [-0.3, -0.25) is 9.78 Å². The molecule has 0 bridgehead atoms. The van der Waals surface area contributed by atoms with Gasteiger partial charge in [0, 0.05) is 16.9 Å². The van der Waals surface area contributed by atoms with Crippen LogP contribution in [0.25, 0.3) is 11.2 Å². The van der Waals surface area contributed by atoms with Crippen LogP contribution in [0.3, 0.4) is 0 Å². The van der Waals surface area contributed by atoms with Gasteiger partial charge in [-0.05, 0) is 31.2 Å². The van der Waals surface area contributed by atoms with Gasteiger partial charge in [-0.1, -0.05) is 15.9 Å². The normalized spacial score (nSPS) is 10.7. The molecule has 2 aromatic heterocycles. The average Bonchev–Trinajstić information content (AvgIpc) is 2.47. The van der Waals surface area contributed by atoms with Crippen LogP contribution < -0.4 is 5.32 Å². The van der Waals surface area contributed by atoms with E-state index in [2.05, 4.69) is 36.2 Å². The second-order valence-electron chi connectivity index (χ2n) is 4.60. The van der Waals surface area contributed by atoms with Gasteiger partial charge in [0.2, 0.25) is 0 Å². The third kappa shape index (κ3) is 2.80. The van der Waals surface area contributed by atoms with E-state index in [9.17, 15) is 9.18 Å². The molecule has 22 heavy (non-hydrogen) atoms. The molecule has 0 radical (unpaired) electrons. The Morgan fingerprint density at radius 2 is 2.00 bits per heavy atom.